The number of hydrogen-bond donors (Lipinski definition) is 1. The van der Waals surface area contributed by atoms with E-state index in [2.05, 4.69) is 10.2 Å². The Morgan fingerprint density at radius 3 is 2.65 bits per heavy atom. The first-order valence-corrected chi connectivity index (χ1v) is 8.58. The van der Waals surface area contributed by atoms with Crippen LogP contribution in [-0.2, 0) is 21.1 Å². The highest BCUT2D eigenvalue weighted by atomic mass is 32.2. The minimum atomic E-state index is -3.01. The van der Waals surface area contributed by atoms with Crippen LogP contribution in [0.2, 0.25) is 0 Å². The lowest BCUT2D eigenvalue weighted by Crippen LogP contribution is -2.35. The predicted molar refractivity (Wildman–Crippen MR) is 76.2 cm³/mol. The zero-order valence-corrected chi connectivity index (χ0v) is 13.0. The smallest absolute Gasteiger partial charge is 0.226 e. The number of nitrogens with one attached hydrogen (secondary N) is 1. The van der Waals surface area contributed by atoms with Gasteiger partial charge in [0.05, 0.1) is 23.1 Å². The summed E-state index contributed by atoms with van der Waals surface area (Å²) in [4.78, 5) is 13.8. The normalized spacial score (nSPS) is 21.1. The zero-order valence-electron chi connectivity index (χ0n) is 12.1. The summed E-state index contributed by atoms with van der Waals surface area (Å²) >= 11 is 0. The molecule has 1 saturated heterocycles. The maximum absolute atomic E-state index is 12.2. The fourth-order valence-corrected chi connectivity index (χ4v) is 4.37. The van der Waals surface area contributed by atoms with Gasteiger partial charge in [-0.3, -0.25) is 9.89 Å². The Labute approximate surface area is 119 Å². The lowest BCUT2D eigenvalue weighted by Gasteiger charge is -2.20. The molecule has 2 heterocycles. The highest BCUT2D eigenvalue weighted by Crippen LogP contribution is 2.20. The average molecular weight is 299 g/mol. The summed E-state index contributed by atoms with van der Waals surface area (Å²) in [7, 11) is -1.27. The Morgan fingerprint density at radius 1 is 1.45 bits per heavy atom. The lowest BCUT2D eigenvalue weighted by molar-refractivity contribution is -0.133. The van der Waals surface area contributed by atoms with Gasteiger partial charge < -0.3 is 4.90 Å². The molecule has 0 saturated carbocycles. The maximum Gasteiger partial charge on any atom is 0.226 e. The van der Waals surface area contributed by atoms with Gasteiger partial charge in [-0.1, -0.05) is 0 Å². The zero-order chi connectivity index (χ0) is 14.9. The van der Waals surface area contributed by atoms with Crippen molar-refractivity contribution in [3.8, 4) is 0 Å². The van der Waals surface area contributed by atoms with Crippen LogP contribution in [0.5, 0.6) is 0 Å². The molecule has 0 radical (unpaired) electrons. The van der Waals surface area contributed by atoms with Crippen molar-refractivity contribution in [2.45, 2.75) is 26.7 Å². The number of aromatic nitrogens is 2. The lowest BCUT2D eigenvalue weighted by atomic mass is 10.1. The molecule has 1 aliphatic heterocycles. The molecule has 1 fully saturated rings. The van der Waals surface area contributed by atoms with Crippen molar-refractivity contribution in [1.82, 2.24) is 15.1 Å². The largest absolute Gasteiger partial charge is 0.345 e. The van der Waals surface area contributed by atoms with Crippen molar-refractivity contribution in [2.24, 2.45) is 5.92 Å². The van der Waals surface area contributed by atoms with E-state index in [4.69, 9.17) is 0 Å². The molecular weight excluding hydrogens is 278 g/mol. The van der Waals surface area contributed by atoms with Gasteiger partial charge in [-0.2, -0.15) is 5.10 Å². The van der Waals surface area contributed by atoms with Crippen molar-refractivity contribution >= 4 is 15.7 Å². The van der Waals surface area contributed by atoms with Crippen molar-refractivity contribution < 1.29 is 13.2 Å². The van der Waals surface area contributed by atoms with Gasteiger partial charge in [-0.25, -0.2) is 8.42 Å². The standard InChI is InChI=1S/C13H21N3O3S/c1-9-12(10(2)15-14-9)4-6-16(3)13(17)11-5-7-20(18,19)8-11/h11H,4-8H2,1-3H3,(H,14,15)/t11-/m0/s1. The van der Waals surface area contributed by atoms with Crippen LogP contribution in [0.3, 0.4) is 0 Å². The molecule has 0 unspecified atom stereocenters. The average Bonchev–Trinajstić information content (AvgIpc) is 2.89. The van der Waals surface area contributed by atoms with Crippen LogP contribution < -0.4 is 0 Å². The van der Waals surface area contributed by atoms with E-state index in [0.717, 1.165) is 23.4 Å². The molecule has 112 valence electrons. The fourth-order valence-electron chi connectivity index (χ4n) is 2.63. The Kier molecular flexibility index (Phi) is 4.17. The molecule has 0 aromatic carbocycles. The second-order valence-corrected chi connectivity index (χ2v) is 7.75. The molecule has 1 aromatic rings. The molecule has 0 spiro atoms. The summed E-state index contributed by atoms with van der Waals surface area (Å²) in [6.07, 6.45) is 1.19. The molecule has 1 aromatic heterocycles. The van der Waals surface area contributed by atoms with Crippen LogP contribution >= 0.6 is 0 Å². The molecular formula is C13H21N3O3S. The number of H-pyrrole nitrogens is 1. The highest BCUT2D eigenvalue weighted by molar-refractivity contribution is 7.91. The van der Waals surface area contributed by atoms with Crippen LogP contribution in [0.4, 0.5) is 0 Å². The van der Waals surface area contributed by atoms with Gasteiger partial charge in [-0.15, -0.1) is 0 Å². The van der Waals surface area contributed by atoms with Gasteiger partial charge in [0.25, 0.3) is 0 Å². The van der Waals surface area contributed by atoms with Gasteiger partial charge in [0, 0.05) is 19.3 Å². The minimum absolute atomic E-state index is 0.0000603. The number of aryl methyl sites for hydroxylation is 2. The highest BCUT2D eigenvalue weighted by Gasteiger charge is 2.34. The number of hydrogen-bond acceptors (Lipinski definition) is 4. The molecule has 2 rings (SSSR count). The van der Waals surface area contributed by atoms with E-state index in [-0.39, 0.29) is 23.3 Å². The van der Waals surface area contributed by atoms with Crippen molar-refractivity contribution in [3.63, 3.8) is 0 Å². The Hall–Kier alpha value is -1.37. The number of rotatable bonds is 4. The molecule has 6 nitrogen and oxygen atoms in total. The first-order chi connectivity index (χ1) is 9.30. The summed E-state index contributed by atoms with van der Waals surface area (Å²) in [6.45, 7) is 4.47. The molecule has 1 aliphatic rings. The number of nitrogens with zero attached hydrogens (tertiary/aromatic N) is 2. The van der Waals surface area contributed by atoms with E-state index in [1.807, 2.05) is 13.8 Å². The van der Waals surface area contributed by atoms with Gasteiger partial charge in [-0.05, 0) is 32.3 Å². The van der Waals surface area contributed by atoms with Crippen molar-refractivity contribution in [1.29, 1.82) is 0 Å². The number of carbonyl (C=O) groups excluding carboxylic acids is 1. The number of sulfone groups is 1. The summed E-state index contributed by atoms with van der Waals surface area (Å²) < 4.78 is 22.8. The Balaban J connectivity index is 1.92. The van der Waals surface area contributed by atoms with E-state index in [1.54, 1.807) is 11.9 Å². The third-order valence-corrected chi connectivity index (χ3v) is 5.70. The quantitative estimate of drug-likeness (QED) is 0.875. The third kappa shape index (κ3) is 3.20. The van der Waals surface area contributed by atoms with Gasteiger partial charge in [0.2, 0.25) is 5.91 Å². The van der Waals surface area contributed by atoms with Crippen LogP contribution in [0.15, 0.2) is 0 Å². The number of aromatic amines is 1. The molecule has 1 atom stereocenters. The molecule has 7 heteroatoms. The first-order valence-electron chi connectivity index (χ1n) is 6.76. The van der Waals surface area contributed by atoms with E-state index in [1.165, 1.54) is 0 Å². The van der Waals surface area contributed by atoms with E-state index in [0.29, 0.717) is 13.0 Å². The van der Waals surface area contributed by atoms with Crippen LogP contribution in [-0.4, -0.2) is 54.5 Å². The van der Waals surface area contributed by atoms with Crippen LogP contribution in [0.1, 0.15) is 23.4 Å². The van der Waals surface area contributed by atoms with Crippen molar-refractivity contribution in [3.05, 3.63) is 17.0 Å². The second-order valence-electron chi connectivity index (χ2n) is 5.52. The summed E-state index contributed by atoms with van der Waals surface area (Å²) in [5.74, 6) is -0.293. The SMILES string of the molecule is Cc1n[nH]c(C)c1CCN(C)C(=O)[C@H]1CCS(=O)(=O)C1. The summed E-state index contributed by atoms with van der Waals surface area (Å²) in [5, 5.41) is 7.05. The van der Waals surface area contributed by atoms with Crippen molar-refractivity contribution in [2.75, 3.05) is 25.1 Å². The number of amides is 1. The minimum Gasteiger partial charge on any atom is -0.345 e. The van der Waals surface area contributed by atoms with Crippen LogP contribution in [0.25, 0.3) is 0 Å². The Bertz CT molecular complexity index is 587. The molecule has 20 heavy (non-hydrogen) atoms. The van der Waals surface area contributed by atoms with Gasteiger partial charge in [0.15, 0.2) is 9.84 Å². The van der Waals surface area contributed by atoms with E-state index < -0.39 is 9.84 Å². The Morgan fingerprint density at radius 2 is 2.15 bits per heavy atom. The fraction of sp³-hybridized carbons (Fsp3) is 0.692. The topological polar surface area (TPSA) is 83.1 Å². The van der Waals surface area contributed by atoms with E-state index in [9.17, 15) is 13.2 Å². The van der Waals surface area contributed by atoms with Crippen LogP contribution in [0, 0.1) is 19.8 Å². The van der Waals surface area contributed by atoms with Gasteiger partial charge in [0.1, 0.15) is 0 Å². The summed E-state index contributed by atoms with van der Waals surface area (Å²) in [6, 6.07) is 0. The monoisotopic (exact) mass is 299 g/mol. The number of likely N-dealkylation sites (N-methyl/N-ethyl adjacent to an activating group) is 1. The molecule has 0 bridgehead atoms. The summed E-state index contributed by atoms with van der Waals surface area (Å²) in [5.41, 5.74) is 3.10. The second kappa shape index (κ2) is 5.55. The predicted octanol–water partition coefficient (Wildman–Crippen LogP) is 0.462. The third-order valence-electron chi connectivity index (χ3n) is 3.94. The molecule has 1 amide bonds. The molecule has 0 aliphatic carbocycles. The first kappa shape index (κ1) is 15.0. The van der Waals surface area contributed by atoms with E-state index >= 15 is 0 Å². The molecule has 1 N–H and O–H groups in total. The van der Waals surface area contributed by atoms with Gasteiger partial charge >= 0.3 is 0 Å². The number of carbonyl (C=O) groups is 1. The maximum atomic E-state index is 12.2.